The maximum Gasteiger partial charge on any atom is 0.224 e. The van der Waals surface area contributed by atoms with Gasteiger partial charge in [-0.15, -0.1) is 0 Å². The molecular formula is C14H25N5O. The molecule has 6 heteroatoms. The van der Waals surface area contributed by atoms with Gasteiger partial charge >= 0.3 is 0 Å². The summed E-state index contributed by atoms with van der Waals surface area (Å²) in [5.74, 6) is 1.59. The Bertz CT molecular complexity index is 382. The summed E-state index contributed by atoms with van der Waals surface area (Å²) in [7, 11) is 0. The van der Waals surface area contributed by atoms with Crippen LogP contribution in [0.25, 0.3) is 0 Å². The third-order valence-corrected chi connectivity index (χ3v) is 3.31. The normalized spacial score (nSPS) is 16.1. The van der Waals surface area contributed by atoms with Crippen molar-refractivity contribution in [3.63, 3.8) is 0 Å². The number of nitrogens with zero attached hydrogens (tertiary/aromatic N) is 3. The number of ether oxygens (including phenoxy) is 1. The quantitative estimate of drug-likeness (QED) is 0.702. The van der Waals surface area contributed by atoms with Crippen molar-refractivity contribution in [3.8, 4) is 0 Å². The number of aromatic nitrogens is 2. The molecule has 0 amide bonds. The average molecular weight is 279 g/mol. The molecule has 0 bridgehead atoms. The highest BCUT2D eigenvalue weighted by Crippen LogP contribution is 2.06. The molecule has 1 saturated heterocycles. The van der Waals surface area contributed by atoms with Crippen LogP contribution in [0.2, 0.25) is 0 Å². The van der Waals surface area contributed by atoms with Gasteiger partial charge in [0.05, 0.1) is 13.2 Å². The number of hydrogen-bond donors (Lipinski definition) is 2. The largest absolute Gasteiger partial charge is 0.379 e. The first-order valence-electron chi connectivity index (χ1n) is 7.49. The summed E-state index contributed by atoms with van der Waals surface area (Å²) in [5, 5.41) is 6.59. The summed E-state index contributed by atoms with van der Waals surface area (Å²) < 4.78 is 5.33. The lowest BCUT2D eigenvalue weighted by Crippen LogP contribution is -2.39. The molecule has 2 N–H and O–H groups in total. The Kier molecular flexibility index (Phi) is 6.53. The lowest BCUT2D eigenvalue weighted by molar-refractivity contribution is 0.0398. The fourth-order valence-electron chi connectivity index (χ4n) is 2.09. The molecule has 1 aliphatic heterocycles. The van der Waals surface area contributed by atoms with E-state index >= 15 is 0 Å². The van der Waals surface area contributed by atoms with E-state index < -0.39 is 0 Å². The van der Waals surface area contributed by atoms with Crippen LogP contribution in [0.5, 0.6) is 0 Å². The van der Waals surface area contributed by atoms with Crippen molar-refractivity contribution >= 4 is 11.8 Å². The second kappa shape index (κ2) is 8.71. The summed E-state index contributed by atoms with van der Waals surface area (Å²) >= 11 is 0. The van der Waals surface area contributed by atoms with Crippen LogP contribution >= 0.6 is 0 Å². The van der Waals surface area contributed by atoms with Crippen LogP contribution < -0.4 is 10.6 Å². The second-order valence-electron chi connectivity index (χ2n) is 4.93. The minimum absolute atomic E-state index is 0.694. The molecule has 6 nitrogen and oxygen atoms in total. The van der Waals surface area contributed by atoms with E-state index in [1.807, 2.05) is 6.07 Å². The molecule has 1 fully saturated rings. The molecule has 1 aromatic rings. The number of hydrogen-bond acceptors (Lipinski definition) is 6. The first-order chi connectivity index (χ1) is 9.88. The number of rotatable bonds is 8. The van der Waals surface area contributed by atoms with Crippen LogP contribution in [0.15, 0.2) is 12.3 Å². The Balaban J connectivity index is 1.70. The lowest BCUT2D eigenvalue weighted by Gasteiger charge is -2.26. The molecule has 0 unspecified atom stereocenters. The molecule has 2 heterocycles. The van der Waals surface area contributed by atoms with Crippen LogP contribution in [0, 0.1) is 0 Å². The zero-order valence-corrected chi connectivity index (χ0v) is 12.3. The van der Waals surface area contributed by atoms with Gasteiger partial charge in [0.15, 0.2) is 0 Å². The van der Waals surface area contributed by atoms with Crippen LogP contribution in [-0.4, -0.2) is 60.8 Å². The summed E-state index contributed by atoms with van der Waals surface area (Å²) in [6.07, 6.45) is 4.13. The standard InChI is InChI=1S/C14H25N5O/c1-2-3-5-15-13-4-6-16-14(18-13)17-7-8-19-9-11-20-12-10-19/h4,6H,2-3,5,7-12H2,1H3,(H2,15,16,17,18). The molecule has 112 valence electrons. The van der Waals surface area contributed by atoms with Gasteiger partial charge in [-0.25, -0.2) is 4.98 Å². The summed E-state index contributed by atoms with van der Waals surface area (Å²) in [4.78, 5) is 11.1. The second-order valence-corrected chi connectivity index (χ2v) is 4.93. The van der Waals surface area contributed by atoms with E-state index in [1.54, 1.807) is 6.20 Å². The van der Waals surface area contributed by atoms with Gasteiger partial charge in [0.25, 0.3) is 0 Å². The van der Waals surface area contributed by atoms with Crippen LogP contribution in [0.3, 0.4) is 0 Å². The molecule has 1 aliphatic rings. The van der Waals surface area contributed by atoms with Gasteiger partial charge < -0.3 is 15.4 Å². The zero-order valence-electron chi connectivity index (χ0n) is 12.3. The van der Waals surface area contributed by atoms with Gasteiger partial charge in [-0.05, 0) is 12.5 Å². The monoisotopic (exact) mass is 279 g/mol. The topological polar surface area (TPSA) is 62.3 Å². The van der Waals surface area contributed by atoms with Crippen molar-refractivity contribution in [3.05, 3.63) is 12.3 Å². The molecule has 0 saturated carbocycles. The van der Waals surface area contributed by atoms with E-state index in [0.29, 0.717) is 5.95 Å². The molecular weight excluding hydrogens is 254 g/mol. The molecule has 0 aliphatic carbocycles. The Morgan fingerprint density at radius 2 is 2.10 bits per heavy atom. The maximum atomic E-state index is 5.33. The molecule has 20 heavy (non-hydrogen) atoms. The van der Waals surface area contributed by atoms with Crippen molar-refractivity contribution in [1.29, 1.82) is 0 Å². The fraction of sp³-hybridized carbons (Fsp3) is 0.714. The summed E-state index contributed by atoms with van der Waals surface area (Å²) in [6.45, 7) is 8.71. The van der Waals surface area contributed by atoms with Gasteiger partial charge in [0.1, 0.15) is 5.82 Å². The zero-order chi connectivity index (χ0) is 14.0. The van der Waals surface area contributed by atoms with E-state index in [1.165, 1.54) is 6.42 Å². The number of morpholine rings is 1. The first-order valence-corrected chi connectivity index (χ1v) is 7.49. The highest BCUT2D eigenvalue weighted by Gasteiger charge is 2.09. The molecule has 0 radical (unpaired) electrons. The van der Waals surface area contributed by atoms with Gasteiger partial charge in [-0.3, -0.25) is 4.90 Å². The fourth-order valence-corrected chi connectivity index (χ4v) is 2.09. The molecule has 0 atom stereocenters. The van der Waals surface area contributed by atoms with Gasteiger partial charge in [0, 0.05) is 38.9 Å². The highest BCUT2D eigenvalue weighted by molar-refractivity contribution is 5.39. The predicted octanol–water partition coefficient (Wildman–Crippen LogP) is 1.43. The number of nitrogens with one attached hydrogen (secondary N) is 2. The predicted molar refractivity (Wildman–Crippen MR) is 81.2 cm³/mol. The van der Waals surface area contributed by atoms with Crippen LogP contribution in [0.1, 0.15) is 19.8 Å². The Labute approximate surface area is 120 Å². The smallest absolute Gasteiger partial charge is 0.224 e. The highest BCUT2D eigenvalue weighted by atomic mass is 16.5. The van der Waals surface area contributed by atoms with Crippen molar-refractivity contribution in [1.82, 2.24) is 14.9 Å². The van der Waals surface area contributed by atoms with Gasteiger partial charge in [0.2, 0.25) is 5.95 Å². The van der Waals surface area contributed by atoms with Crippen LogP contribution in [0.4, 0.5) is 11.8 Å². The third-order valence-electron chi connectivity index (χ3n) is 3.31. The van der Waals surface area contributed by atoms with Gasteiger partial charge in [-0.2, -0.15) is 4.98 Å². The van der Waals surface area contributed by atoms with E-state index in [4.69, 9.17) is 4.74 Å². The van der Waals surface area contributed by atoms with Crippen molar-refractivity contribution in [2.24, 2.45) is 0 Å². The van der Waals surface area contributed by atoms with Crippen molar-refractivity contribution < 1.29 is 4.74 Å². The summed E-state index contributed by atoms with van der Waals surface area (Å²) in [6, 6.07) is 1.91. The lowest BCUT2D eigenvalue weighted by atomic mass is 10.3. The minimum Gasteiger partial charge on any atom is -0.379 e. The SMILES string of the molecule is CCCCNc1ccnc(NCCN2CCOCC2)n1. The first kappa shape index (κ1) is 15.0. The van der Waals surface area contributed by atoms with E-state index in [0.717, 1.165) is 58.2 Å². The van der Waals surface area contributed by atoms with Crippen molar-refractivity contribution in [2.75, 3.05) is 56.6 Å². The van der Waals surface area contributed by atoms with Crippen molar-refractivity contribution in [2.45, 2.75) is 19.8 Å². The molecule has 1 aromatic heterocycles. The van der Waals surface area contributed by atoms with E-state index in [-0.39, 0.29) is 0 Å². The Morgan fingerprint density at radius 3 is 2.90 bits per heavy atom. The maximum absolute atomic E-state index is 5.33. The Hall–Kier alpha value is -1.40. The van der Waals surface area contributed by atoms with Gasteiger partial charge in [-0.1, -0.05) is 13.3 Å². The van der Waals surface area contributed by atoms with E-state index in [9.17, 15) is 0 Å². The van der Waals surface area contributed by atoms with E-state index in [2.05, 4.69) is 32.4 Å². The third kappa shape index (κ3) is 5.30. The number of unbranched alkanes of at least 4 members (excludes halogenated alkanes) is 1. The molecule has 2 rings (SSSR count). The minimum atomic E-state index is 0.694. The average Bonchev–Trinajstić information content (AvgIpc) is 2.49. The van der Waals surface area contributed by atoms with Crippen LogP contribution in [-0.2, 0) is 4.74 Å². The molecule has 0 aromatic carbocycles. The Morgan fingerprint density at radius 1 is 1.25 bits per heavy atom. The summed E-state index contributed by atoms with van der Waals surface area (Å²) in [5.41, 5.74) is 0. The molecule has 0 spiro atoms. The number of anilines is 2.